The fraction of sp³-hybridized carbons (Fsp3) is 0.219. The van der Waals surface area contributed by atoms with Crippen molar-refractivity contribution in [1.82, 2.24) is 9.80 Å². The first-order valence-electron chi connectivity index (χ1n) is 12.8. The summed E-state index contributed by atoms with van der Waals surface area (Å²) in [5, 5.41) is 0. The zero-order valence-corrected chi connectivity index (χ0v) is 20.3. The number of carbonyl (C=O) groups is 1. The van der Waals surface area contributed by atoms with E-state index in [0.717, 1.165) is 11.1 Å². The van der Waals surface area contributed by atoms with E-state index in [-0.39, 0.29) is 6.61 Å². The van der Waals surface area contributed by atoms with Gasteiger partial charge in [-0.15, -0.1) is 0 Å². The maximum atomic E-state index is 16.0. The van der Waals surface area contributed by atoms with E-state index in [2.05, 4.69) is 77.7 Å². The lowest BCUT2D eigenvalue weighted by molar-refractivity contribution is 0.0477. The first-order valence-corrected chi connectivity index (χ1v) is 12.8. The topological polar surface area (TPSA) is 32.8 Å². The average molecular weight is 491 g/mol. The number of fused-ring (bicyclic) bond motifs is 5. The fourth-order valence-electron chi connectivity index (χ4n) is 6.75. The molecule has 0 aromatic heterocycles. The molecule has 2 bridgehead atoms. The fourth-order valence-corrected chi connectivity index (χ4v) is 6.75. The lowest BCUT2D eigenvalue weighted by Crippen LogP contribution is -2.57. The van der Waals surface area contributed by atoms with Crippen LogP contribution in [0.25, 0.3) is 11.1 Å². The van der Waals surface area contributed by atoms with E-state index in [9.17, 15) is 4.79 Å². The second-order valence-corrected chi connectivity index (χ2v) is 10.1. The van der Waals surface area contributed by atoms with Crippen LogP contribution in [0.3, 0.4) is 0 Å². The monoisotopic (exact) mass is 490 g/mol. The molecule has 2 aliphatic heterocycles. The number of hydrogen-bond acceptors (Lipinski definition) is 3. The molecular weight excluding hydrogens is 463 g/mol. The maximum absolute atomic E-state index is 16.0. The van der Waals surface area contributed by atoms with Gasteiger partial charge in [0.15, 0.2) is 0 Å². The SMILES string of the molecule is O=C(OCc1ccccc1)N1C[C@H]2[C@@H](F)[C@@H]1CN2C1(c2ccccc2)c2ccccc2-c2ccccc21. The van der Waals surface area contributed by atoms with Crippen LogP contribution in [0, 0.1) is 0 Å². The number of hydrogen-bond donors (Lipinski definition) is 0. The van der Waals surface area contributed by atoms with Gasteiger partial charge in [0.25, 0.3) is 0 Å². The number of alkyl halides is 1. The number of likely N-dealkylation sites (tertiary alicyclic amines) is 2. The van der Waals surface area contributed by atoms with E-state index in [1.807, 2.05) is 36.4 Å². The zero-order valence-electron chi connectivity index (χ0n) is 20.3. The Morgan fingerprint density at radius 3 is 1.92 bits per heavy atom. The largest absolute Gasteiger partial charge is 0.445 e. The van der Waals surface area contributed by atoms with Gasteiger partial charge in [0.2, 0.25) is 0 Å². The molecule has 0 saturated carbocycles. The Morgan fingerprint density at radius 2 is 1.32 bits per heavy atom. The second-order valence-electron chi connectivity index (χ2n) is 10.1. The van der Waals surface area contributed by atoms with Crippen LogP contribution in [-0.4, -0.2) is 47.2 Å². The van der Waals surface area contributed by atoms with Crippen molar-refractivity contribution in [2.45, 2.75) is 30.4 Å². The third-order valence-electron chi connectivity index (χ3n) is 8.29. The summed E-state index contributed by atoms with van der Waals surface area (Å²) in [5.74, 6) is 0. The summed E-state index contributed by atoms with van der Waals surface area (Å²) in [6.45, 7) is 0.922. The number of amides is 1. The Labute approximate surface area is 215 Å². The Morgan fingerprint density at radius 1 is 0.757 bits per heavy atom. The first kappa shape index (κ1) is 22.3. The standard InChI is InChI=1S/C32H27FN2O2/c33-30-28-20-35(29(30)19-34(28)31(36)37-21-22-11-3-1-4-12-22)32(23-13-5-2-6-14-23)26-17-9-7-15-24(26)25-16-8-10-18-27(25)32/h1-18,28-30H,19-21H2/t28-,29-,30-/m0/s1. The Kier molecular flexibility index (Phi) is 5.15. The molecule has 3 atom stereocenters. The van der Waals surface area contributed by atoms with Crippen LogP contribution in [0.4, 0.5) is 9.18 Å². The third-order valence-corrected chi connectivity index (χ3v) is 8.29. The minimum atomic E-state index is -1.15. The van der Waals surface area contributed by atoms with Crippen LogP contribution in [-0.2, 0) is 16.9 Å². The van der Waals surface area contributed by atoms with Crippen molar-refractivity contribution >= 4 is 6.09 Å². The van der Waals surface area contributed by atoms with Gasteiger partial charge >= 0.3 is 6.09 Å². The summed E-state index contributed by atoms with van der Waals surface area (Å²) >= 11 is 0. The van der Waals surface area contributed by atoms with E-state index in [1.54, 1.807) is 4.90 Å². The number of rotatable bonds is 4. The number of benzene rings is 4. The van der Waals surface area contributed by atoms with Crippen molar-refractivity contribution < 1.29 is 13.9 Å². The summed E-state index contributed by atoms with van der Waals surface area (Å²) in [4.78, 5) is 17.0. The molecular formula is C32H27FN2O2. The third kappa shape index (κ3) is 3.20. The van der Waals surface area contributed by atoms with Crippen LogP contribution < -0.4 is 0 Å². The van der Waals surface area contributed by atoms with Crippen molar-refractivity contribution in [1.29, 1.82) is 0 Å². The van der Waals surface area contributed by atoms with Gasteiger partial charge in [-0.2, -0.15) is 0 Å². The summed E-state index contributed by atoms with van der Waals surface area (Å²) in [5.41, 5.74) is 6.10. The van der Waals surface area contributed by atoms with Crippen LogP contribution in [0.15, 0.2) is 109 Å². The van der Waals surface area contributed by atoms with Crippen LogP contribution in [0.2, 0.25) is 0 Å². The Balaban J connectivity index is 1.27. The van der Waals surface area contributed by atoms with Crippen LogP contribution >= 0.6 is 0 Å². The minimum Gasteiger partial charge on any atom is -0.445 e. The molecule has 0 radical (unpaired) electrons. The highest BCUT2D eigenvalue weighted by molar-refractivity contribution is 5.83. The molecule has 2 heterocycles. The summed E-state index contributed by atoms with van der Waals surface area (Å²) < 4.78 is 21.6. The minimum absolute atomic E-state index is 0.183. The van der Waals surface area contributed by atoms with Gasteiger partial charge in [0, 0.05) is 13.1 Å². The number of carbonyl (C=O) groups excluding carboxylic acids is 1. The molecule has 1 aliphatic carbocycles. The molecule has 4 aromatic carbocycles. The molecule has 184 valence electrons. The molecule has 4 aromatic rings. The van der Waals surface area contributed by atoms with Gasteiger partial charge in [-0.3, -0.25) is 9.80 Å². The number of ether oxygens (including phenoxy) is 1. The van der Waals surface area contributed by atoms with Crippen molar-refractivity contribution in [3.63, 3.8) is 0 Å². The molecule has 4 nitrogen and oxygen atoms in total. The molecule has 37 heavy (non-hydrogen) atoms. The van der Waals surface area contributed by atoms with Crippen molar-refractivity contribution in [2.75, 3.05) is 13.1 Å². The number of piperazine rings is 1. The maximum Gasteiger partial charge on any atom is 0.410 e. The molecule has 0 N–H and O–H groups in total. The summed E-state index contributed by atoms with van der Waals surface area (Å²) in [7, 11) is 0. The summed E-state index contributed by atoms with van der Waals surface area (Å²) in [6.07, 6.45) is -1.59. The molecule has 7 rings (SSSR count). The lowest BCUT2D eigenvalue weighted by atomic mass is 9.78. The van der Waals surface area contributed by atoms with Crippen LogP contribution in [0.1, 0.15) is 22.3 Å². The molecule has 1 amide bonds. The van der Waals surface area contributed by atoms with E-state index in [0.29, 0.717) is 13.1 Å². The average Bonchev–Trinajstić information content (AvgIpc) is 3.57. The highest BCUT2D eigenvalue weighted by Crippen LogP contribution is 2.57. The van der Waals surface area contributed by atoms with Gasteiger partial charge in [-0.25, -0.2) is 9.18 Å². The molecule has 0 unspecified atom stereocenters. The van der Waals surface area contributed by atoms with Gasteiger partial charge in [0.05, 0.1) is 17.6 Å². The number of nitrogens with zero attached hydrogens (tertiary/aromatic N) is 2. The van der Waals surface area contributed by atoms with Gasteiger partial charge < -0.3 is 4.74 Å². The predicted molar refractivity (Wildman–Crippen MR) is 141 cm³/mol. The molecule has 2 saturated heterocycles. The smallest absolute Gasteiger partial charge is 0.410 e. The van der Waals surface area contributed by atoms with Gasteiger partial charge in [-0.05, 0) is 33.4 Å². The highest BCUT2D eigenvalue weighted by atomic mass is 19.1. The van der Waals surface area contributed by atoms with Crippen LogP contribution in [0.5, 0.6) is 0 Å². The molecule has 3 aliphatic rings. The van der Waals surface area contributed by atoms with Gasteiger partial charge in [0.1, 0.15) is 12.8 Å². The van der Waals surface area contributed by atoms with E-state index in [1.165, 1.54) is 22.3 Å². The predicted octanol–water partition coefficient (Wildman–Crippen LogP) is 6.00. The first-order chi connectivity index (χ1) is 18.2. The zero-order chi connectivity index (χ0) is 25.0. The van der Waals surface area contributed by atoms with Crippen molar-refractivity contribution in [3.05, 3.63) is 131 Å². The molecule has 2 fully saturated rings. The van der Waals surface area contributed by atoms with Crippen molar-refractivity contribution in [2.24, 2.45) is 0 Å². The Bertz CT molecular complexity index is 1410. The molecule has 0 spiro atoms. The van der Waals surface area contributed by atoms with E-state index >= 15 is 4.39 Å². The van der Waals surface area contributed by atoms with E-state index < -0.39 is 29.9 Å². The Hall–Kier alpha value is -3.96. The molecule has 5 heteroatoms. The number of halogens is 1. The normalized spacial score (nSPS) is 23.1. The van der Waals surface area contributed by atoms with Crippen molar-refractivity contribution in [3.8, 4) is 11.1 Å². The van der Waals surface area contributed by atoms with Gasteiger partial charge in [-0.1, -0.05) is 109 Å². The summed E-state index contributed by atoms with van der Waals surface area (Å²) in [6, 6.07) is 35.9. The second kappa shape index (κ2) is 8.56. The quantitative estimate of drug-likeness (QED) is 0.352. The lowest BCUT2D eigenvalue weighted by Gasteiger charge is -2.47. The van der Waals surface area contributed by atoms with E-state index in [4.69, 9.17) is 4.74 Å². The highest BCUT2D eigenvalue weighted by Gasteiger charge is 2.62.